The first-order chi connectivity index (χ1) is 9.90. The summed E-state index contributed by atoms with van der Waals surface area (Å²) in [6.07, 6.45) is 1.13. The van der Waals surface area contributed by atoms with E-state index in [-0.39, 0.29) is 24.3 Å². The average molecular weight is 292 g/mol. The topological polar surface area (TPSA) is 92.4 Å². The summed E-state index contributed by atoms with van der Waals surface area (Å²) < 4.78 is 0. The van der Waals surface area contributed by atoms with Gasteiger partial charge in [0, 0.05) is 12.5 Å². The number of nitrogens with two attached hydrogens (primary N) is 1. The van der Waals surface area contributed by atoms with Crippen molar-refractivity contribution < 1.29 is 14.7 Å². The van der Waals surface area contributed by atoms with E-state index in [1.54, 1.807) is 0 Å². The Balaban J connectivity index is 2.44. The Morgan fingerprint density at radius 3 is 2.38 bits per heavy atom. The summed E-state index contributed by atoms with van der Waals surface area (Å²) in [6, 6.07) is 8.50. The molecule has 0 aliphatic heterocycles. The van der Waals surface area contributed by atoms with Gasteiger partial charge in [-0.2, -0.15) is 0 Å². The first-order valence-corrected chi connectivity index (χ1v) is 7.22. The van der Waals surface area contributed by atoms with Crippen LogP contribution in [0.5, 0.6) is 0 Å². The minimum Gasteiger partial charge on any atom is -0.480 e. The van der Waals surface area contributed by atoms with Gasteiger partial charge in [-0.05, 0) is 24.3 Å². The smallest absolute Gasteiger partial charge is 0.326 e. The van der Waals surface area contributed by atoms with Crippen molar-refractivity contribution >= 4 is 11.9 Å². The minimum absolute atomic E-state index is 0.206. The van der Waals surface area contributed by atoms with Gasteiger partial charge in [0.1, 0.15) is 6.04 Å². The van der Waals surface area contributed by atoms with Gasteiger partial charge in [-0.1, -0.05) is 44.2 Å². The van der Waals surface area contributed by atoms with Crippen molar-refractivity contribution in [3.05, 3.63) is 35.9 Å². The number of carboxylic acids is 1. The van der Waals surface area contributed by atoms with Crippen molar-refractivity contribution in [3.8, 4) is 0 Å². The van der Waals surface area contributed by atoms with Crippen molar-refractivity contribution in [3.63, 3.8) is 0 Å². The normalized spacial score (nSPS) is 13.7. The van der Waals surface area contributed by atoms with Crippen LogP contribution in [0.25, 0.3) is 0 Å². The molecule has 1 aromatic carbocycles. The van der Waals surface area contributed by atoms with Crippen LogP contribution in [0.3, 0.4) is 0 Å². The molecule has 0 saturated heterocycles. The maximum atomic E-state index is 11.8. The van der Waals surface area contributed by atoms with E-state index in [0.717, 1.165) is 5.56 Å². The fraction of sp³-hybridized carbons (Fsp3) is 0.500. The molecular weight excluding hydrogens is 268 g/mol. The quantitative estimate of drug-likeness (QED) is 0.684. The van der Waals surface area contributed by atoms with Crippen molar-refractivity contribution in [2.75, 3.05) is 0 Å². The molecule has 5 heteroatoms. The summed E-state index contributed by atoms with van der Waals surface area (Å²) >= 11 is 0. The highest BCUT2D eigenvalue weighted by molar-refractivity contribution is 5.83. The molecule has 0 spiro atoms. The number of nitrogens with one attached hydrogen (secondary N) is 1. The number of carbonyl (C=O) groups excluding carboxylic acids is 1. The molecule has 0 fully saturated rings. The molecule has 1 amide bonds. The van der Waals surface area contributed by atoms with E-state index < -0.39 is 12.0 Å². The largest absolute Gasteiger partial charge is 0.480 e. The number of carbonyl (C=O) groups is 2. The molecule has 4 N–H and O–H groups in total. The Hall–Kier alpha value is -1.88. The highest BCUT2D eigenvalue weighted by Crippen LogP contribution is 2.15. The maximum Gasteiger partial charge on any atom is 0.326 e. The number of hydrogen-bond donors (Lipinski definition) is 3. The van der Waals surface area contributed by atoms with E-state index in [9.17, 15) is 9.59 Å². The standard InChI is InChI=1S/C16H24N2O3/c1-11(2)10-14(16(20)21)18-15(19)9-8-13(17)12-6-4-3-5-7-12/h3-7,11,13-14H,8-10,17H2,1-2H3,(H,18,19)(H,20,21). The van der Waals surface area contributed by atoms with Gasteiger partial charge in [-0.3, -0.25) is 4.79 Å². The van der Waals surface area contributed by atoms with Crippen LogP contribution < -0.4 is 11.1 Å². The van der Waals surface area contributed by atoms with Crippen molar-refractivity contribution in [2.24, 2.45) is 11.7 Å². The van der Waals surface area contributed by atoms with Gasteiger partial charge in [-0.15, -0.1) is 0 Å². The van der Waals surface area contributed by atoms with Crippen LogP contribution in [0, 0.1) is 5.92 Å². The van der Waals surface area contributed by atoms with E-state index in [1.807, 2.05) is 44.2 Å². The average Bonchev–Trinajstić information content (AvgIpc) is 2.44. The molecule has 1 aromatic rings. The van der Waals surface area contributed by atoms with Gasteiger partial charge in [0.15, 0.2) is 0 Å². The lowest BCUT2D eigenvalue weighted by Gasteiger charge is -2.17. The van der Waals surface area contributed by atoms with Gasteiger partial charge >= 0.3 is 5.97 Å². The highest BCUT2D eigenvalue weighted by Gasteiger charge is 2.21. The summed E-state index contributed by atoms with van der Waals surface area (Å²) in [7, 11) is 0. The summed E-state index contributed by atoms with van der Waals surface area (Å²) in [6.45, 7) is 3.85. The lowest BCUT2D eigenvalue weighted by atomic mass is 10.0. The molecule has 0 aliphatic carbocycles. The molecule has 0 heterocycles. The number of hydrogen-bond acceptors (Lipinski definition) is 3. The Morgan fingerprint density at radius 2 is 1.86 bits per heavy atom. The third-order valence-corrected chi connectivity index (χ3v) is 3.25. The summed E-state index contributed by atoms with van der Waals surface area (Å²) in [5.74, 6) is -1.06. The lowest BCUT2D eigenvalue weighted by molar-refractivity contribution is -0.142. The Bertz CT molecular complexity index is 460. The zero-order chi connectivity index (χ0) is 15.8. The number of amides is 1. The first kappa shape index (κ1) is 17.2. The van der Waals surface area contributed by atoms with Gasteiger partial charge < -0.3 is 16.2 Å². The molecule has 0 saturated carbocycles. The third-order valence-electron chi connectivity index (χ3n) is 3.25. The zero-order valence-corrected chi connectivity index (χ0v) is 12.6. The molecular formula is C16H24N2O3. The number of carboxylic acid groups (broad SMARTS) is 1. The molecule has 5 nitrogen and oxygen atoms in total. The molecule has 21 heavy (non-hydrogen) atoms. The number of aliphatic carboxylic acids is 1. The van der Waals surface area contributed by atoms with E-state index in [4.69, 9.17) is 10.8 Å². The second kappa shape index (κ2) is 8.42. The summed E-state index contributed by atoms with van der Waals surface area (Å²) in [4.78, 5) is 22.9. The molecule has 0 aliphatic rings. The van der Waals surface area contributed by atoms with E-state index in [2.05, 4.69) is 5.32 Å². The Kier molecular flexibility index (Phi) is 6.88. The Morgan fingerprint density at radius 1 is 1.24 bits per heavy atom. The van der Waals surface area contributed by atoms with Crippen LogP contribution >= 0.6 is 0 Å². The fourth-order valence-electron chi connectivity index (χ4n) is 2.11. The molecule has 1 rings (SSSR count). The number of rotatable bonds is 8. The van der Waals surface area contributed by atoms with Crippen LogP contribution in [-0.2, 0) is 9.59 Å². The van der Waals surface area contributed by atoms with Gasteiger partial charge in [0.05, 0.1) is 0 Å². The molecule has 116 valence electrons. The zero-order valence-electron chi connectivity index (χ0n) is 12.6. The molecule has 2 atom stereocenters. The summed E-state index contributed by atoms with van der Waals surface area (Å²) in [5, 5.41) is 11.6. The van der Waals surface area contributed by atoms with Crippen molar-refractivity contribution in [2.45, 2.75) is 45.2 Å². The minimum atomic E-state index is -0.996. The van der Waals surface area contributed by atoms with E-state index in [1.165, 1.54) is 0 Å². The fourth-order valence-corrected chi connectivity index (χ4v) is 2.11. The lowest BCUT2D eigenvalue weighted by Crippen LogP contribution is -2.41. The Labute approximate surface area is 125 Å². The van der Waals surface area contributed by atoms with Crippen LogP contribution in [0.15, 0.2) is 30.3 Å². The van der Waals surface area contributed by atoms with E-state index in [0.29, 0.717) is 12.8 Å². The SMILES string of the molecule is CC(C)CC(NC(=O)CCC(N)c1ccccc1)C(=O)O. The summed E-state index contributed by atoms with van der Waals surface area (Å²) in [5.41, 5.74) is 6.99. The van der Waals surface area contributed by atoms with Gasteiger partial charge in [0.2, 0.25) is 5.91 Å². The molecule has 0 bridgehead atoms. The molecule has 2 unspecified atom stereocenters. The monoisotopic (exact) mass is 292 g/mol. The van der Waals surface area contributed by atoms with Crippen LogP contribution in [0.1, 0.15) is 44.7 Å². The van der Waals surface area contributed by atoms with Gasteiger partial charge in [0.25, 0.3) is 0 Å². The first-order valence-electron chi connectivity index (χ1n) is 7.22. The van der Waals surface area contributed by atoms with Crippen molar-refractivity contribution in [1.29, 1.82) is 0 Å². The molecule has 0 radical (unpaired) electrons. The second-order valence-corrected chi connectivity index (χ2v) is 5.64. The van der Waals surface area contributed by atoms with Crippen LogP contribution in [0.2, 0.25) is 0 Å². The predicted octanol–water partition coefficient (Wildman–Crippen LogP) is 2.08. The molecule has 0 aromatic heterocycles. The highest BCUT2D eigenvalue weighted by atomic mass is 16.4. The predicted molar refractivity (Wildman–Crippen MR) is 81.6 cm³/mol. The maximum absolute atomic E-state index is 11.8. The van der Waals surface area contributed by atoms with Crippen LogP contribution in [0.4, 0.5) is 0 Å². The van der Waals surface area contributed by atoms with E-state index >= 15 is 0 Å². The van der Waals surface area contributed by atoms with Gasteiger partial charge in [-0.25, -0.2) is 4.79 Å². The third kappa shape index (κ3) is 6.40. The van der Waals surface area contributed by atoms with Crippen molar-refractivity contribution in [1.82, 2.24) is 5.32 Å². The van der Waals surface area contributed by atoms with Crippen LogP contribution in [-0.4, -0.2) is 23.0 Å². The number of benzene rings is 1. The second-order valence-electron chi connectivity index (χ2n) is 5.64.